The first-order valence-corrected chi connectivity index (χ1v) is 4.14. The van der Waals surface area contributed by atoms with Gasteiger partial charge in [-0.05, 0) is 0 Å². The van der Waals surface area contributed by atoms with E-state index in [2.05, 4.69) is 4.99 Å². The summed E-state index contributed by atoms with van der Waals surface area (Å²) in [7, 11) is 0. The highest BCUT2D eigenvalue weighted by atomic mass is 16.6. The largest absolute Gasteiger partial charge is 0.599 e. The summed E-state index contributed by atoms with van der Waals surface area (Å²) < 4.78 is -2.71. The Labute approximate surface area is 97.7 Å². The second kappa shape index (κ2) is 3.99. The van der Waals surface area contributed by atoms with Gasteiger partial charge in [-0.2, -0.15) is 10.6 Å². The molecule has 0 saturated heterocycles. The van der Waals surface area contributed by atoms with Crippen molar-refractivity contribution in [1.29, 1.82) is 0 Å². The molecule has 6 N–H and O–H groups in total. The van der Waals surface area contributed by atoms with Crippen LogP contribution in [0.15, 0.2) is 16.4 Å². The van der Waals surface area contributed by atoms with Crippen LogP contribution in [0.4, 0.5) is 0 Å². The van der Waals surface area contributed by atoms with Gasteiger partial charge in [0.25, 0.3) is 11.6 Å². The Bertz CT molecular complexity index is 544. The maximum Gasteiger partial charge on any atom is 0.395 e. The third-order valence-electron chi connectivity index (χ3n) is 1.92. The Morgan fingerprint density at radius 3 is 2.06 bits per heavy atom. The van der Waals surface area contributed by atoms with Gasteiger partial charge in [-0.3, -0.25) is 4.79 Å². The Kier molecular flexibility index (Phi) is 2.98. The number of primary amides is 1. The number of nitrogens with zero attached hydrogens (tertiary/aromatic N) is 2. The number of quaternary nitrogens is 1. The summed E-state index contributed by atoms with van der Waals surface area (Å²) in [5.74, 6) is -2.38. The zero-order valence-corrected chi connectivity index (χ0v) is 8.48. The van der Waals surface area contributed by atoms with Gasteiger partial charge in [-0.25, -0.2) is 19.4 Å². The molecule has 1 atom stereocenters. The third kappa shape index (κ3) is 1.84. The van der Waals surface area contributed by atoms with E-state index in [0.717, 1.165) is 0 Å². The fourth-order valence-electron chi connectivity index (χ4n) is 1.18. The van der Waals surface area contributed by atoms with E-state index in [1.807, 2.05) is 0 Å². The number of nitrogens with two attached hydrogens (primary N) is 2. The van der Waals surface area contributed by atoms with Crippen molar-refractivity contribution in [3.05, 3.63) is 16.6 Å². The molecule has 0 radical (unpaired) electrons. The first-order valence-electron chi connectivity index (χ1n) is 4.14. The van der Waals surface area contributed by atoms with E-state index < -0.39 is 45.6 Å². The summed E-state index contributed by atoms with van der Waals surface area (Å²) in [5.41, 5.74) is 0.636. The van der Waals surface area contributed by atoms with Crippen molar-refractivity contribution in [2.75, 3.05) is 0 Å². The van der Waals surface area contributed by atoms with Gasteiger partial charge in [0.1, 0.15) is 0 Å². The minimum Gasteiger partial charge on any atom is -0.599 e. The minimum absolute atomic E-state index is 1.23. The fourth-order valence-corrected chi connectivity index (χ4v) is 1.18. The number of rotatable bonds is 3. The average molecular weight is 258 g/mol. The van der Waals surface area contributed by atoms with Crippen molar-refractivity contribution >= 4 is 29.5 Å². The van der Waals surface area contributed by atoms with Crippen LogP contribution in [-0.4, -0.2) is 44.4 Å². The fraction of sp³-hybridized carbons (Fsp3) is 0. The molecule has 11 nitrogen and oxygen atoms in total. The molecule has 18 heavy (non-hydrogen) atoms. The Morgan fingerprint density at radius 1 is 1.22 bits per heavy atom. The number of hydrogen-bond acceptors (Lipinski definition) is 7. The molecule has 0 aliphatic carbocycles. The van der Waals surface area contributed by atoms with Crippen LogP contribution in [0.5, 0.6) is 0 Å². The molecule has 1 aliphatic rings. The molecule has 0 aromatic rings. The molecule has 0 bridgehead atoms. The monoisotopic (exact) mass is 258 g/mol. The number of carboxylic acids is 2. The van der Waals surface area contributed by atoms with Crippen molar-refractivity contribution in [2.24, 2.45) is 16.6 Å². The molecule has 1 heterocycles. The van der Waals surface area contributed by atoms with Gasteiger partial charge in [0, 0.05) is 0 Å². The molecular weight excluding hydrogens is 252 g/mol. The maximum atomic E-state index is 11.6. The second-order valence-corrected chi connectivity index (χ2v) is 3.10. The Hall–Kier alpha value is -2.63. The lowest BCUT2D eigenvalue weighted by atomic mass is 10.2. The van der Waals surface area contributed by atoms with Gasteiger partial charge in [0.2, 0.25) is 11.4 Å². The molecule has 0 spiro atoms. The van der Waals surface area contributed by atoms with E-state index >= 15 is 0 Å². The molecular formula is C7H6N4O7. The van der Waals surface area contributed by atoms with E-state index in [9.17, 15) is 24.4 Å². The van der Waals surface area contributed by atoms with E-state index in [0.29, 0.717) is 0 Å². The van der Waals surface area contributed by atoms with Gasteiger partial charge in [-0.1, -0.05) is 0 Å². The molecule has 0 aromatic heterocycles. The van der Waals surface area contributed by atoms with Gasteiger partial charge in [0.05, 0.1) is 0 Å². The van der Waals surface area contributed by atoms with Gasteiger partial charge >= 0.3 is 17.8 Å². The predicted octanol–water partition coefficient (Wildman–Crippen LogP) is -2.98. The van der Waals surface area contributed by atoms with Crippen LogP contribution in [0.3, 0.4) is 0 Å². The van der Waals surface area contributed by atoms with Crippen LogP contribution in [0, 0.1) is 5.21 Å². The van der Waals surface area contributed by atoms with Crippen LogP contribution in [0.1, 0.15) is 0 Å². The lowest BCUT2D eigenvalue weighted by Crippen LogP contribution is -2.61. The SMILES string of the molecule is NC(=O)C1=NC(C(=O)O)=C(C(=O)O)[N@@+](N)([O-])C1=O. The van der Waals surface area contributed by atoms with E-state index in [1.54, 1.807) is 0 Å². The van der Waals surface area contributed by atoms with Crippen LogP contribution >= 0.6 is 0 Å². The Morgan fingerprint density at radius 2 is 1.72 bits per heavy atom. The second-order valence-electron chi connectivity index (χ2n) is 3.10. The normalized spacial score (nSPS) is 23.7. The summed E-state index contributed by atoms with van der Waals surface area (Å²) in [4.78, 5) is 46.6. The molecule has 1 rings (SSSR count). The predicted molar refractivity (Wildman–Crippen MR) is 51.7 cm³/mol. The number of aliphatic imine (C=N–C) groups is 1. The van der Waals surface area contributed by atoms with E-state index in [-0.39, 0.29) is 0 Å². The highest BCUT2D eigenvalue weighted by Crippen LogP contribution is 2.22. The van der Waals surface area contributed by atoms with Crippen LogP contribution in [0.2, 0.25) is 0 Å². The van der Waals surface area contributed by atoms with Gasteiger partial charge in [0.15, 0.2) is 0 Å². The number of carboxylic acid groups (broad SMARTS) is 2. The quantitative estimate of drug-likeness (QED) is 0.178. The average Bonchev–Trinajstić information content (AvgIpc) is 2.19. The highest BCUT2D eigenvalue weighted by Gasteiger charge is 2.48. The van der Waals surface area contributed by atoms with Crippen LogP contribution in [0.25, 0.3) is 0 Å². The molecule has 0 unspecified atom stereocenters. The third-order valence-corrected chi connectivity index (χ3v) is 1.92. The molecule has 96 valence electrons. The summed E-state index contributed by atoms with van der Waals surface area (Å²) in [5, 5.41) is 29.0. The molecule has 0 aromatic carbocycles. The number of carbonyl (C=O) groups is 4. The molecule has 11 heteroatoms. The smallest absolute Gasteiger partial charge is 0.395 e. The summed E-state index contributed by atoms with van der Waals surface area (Å²) in [6, 6.07) is 0. The molecule has 1 aliphatic heterocycles. The van der Waals surface area contributed by atoms with Crippen molar-refractivity contribution < 1.29 is 34.1 Å². The highest BCUT2D eigenvalue weighted by molar-refractivity contribution is 6.64. The number of hydroxylamine groups is 2. The van der Waals surface area contributed by atoms with E-state index in [1.165, 1.54) is 0 Å². The minimum atomic E-state index is -2.71. The van der Waals surface area contributed by atoms with Crippen molar-refractivity contribution in [2.45, 2.75) is 0 Å². The first-order chi connectivity index (χ1) is 8.10. The molecule has 2 amide bonds. The maximum absolute atomic E-state index is 11.6. The standard InChI is InChI=1S/C7H6N4O7/c8-4(12)2-5(13)11(9,18)3(7(16)17)1(10-2)6(14)15/h9H2,(H2,8,12)(H,14,15)(H,16,17)/t11-/m1/s1. The lowest BCUT2D eigenvalue weighted by molar-refractivity contribution is -0.768. The summed E-state index contributed by atoms with van der Waals surface area (Å²) in [6.45, 7) is 0. The van der Waals surface area contributed by atoms with Crippen molar-refractivity contribution in [3.63, 3.8) is 0 Å². The Balaban J connectivity index is 3.69. The number of aliphatic carboxylic acids is 2. The lowest BCUT2D eigenvalue weighted by Gasteiger charge is -2.34. The number of carbonyl (C=O) groups excluding carboxylic acids is 2. The molecule has 0 saturated carbocycles. The van der Waals surface area contributed by atoms with Crippen molar-refractivity contribution in [1.82, 2.24) is 0 Å². The first kappa shape index (κ1) is 13.4. The van der Waals surface area contributed by atoms with Gasteiger partial charge in [-0.15, -0.1) is 0 Å². The van der Waals surface area contributed by atoms with Crippen LogP contribution < -0.4 is 11.6 Å². The summed E-state index contributed by atoms with van der Waals surface area (Å²) >= 11 is 0. The van der Waals surface area contributed by atoms with E-state index in [4.69, 9.17) is 21.8 Å². The number of hydrogen-bond donors (Lipinski definition) is 4. The zero-order chi connectivity index (χ0) is 14.2. The molecule has 0 fully saturated rings. The zero-order valence-electron chi connectivity index (χ0n) is 8.48. The topological polar surface area (TPSA) is 196 Å². The van der Waals surface area contributed by atoms with Gasteiger partial charge < -0.3 is 21.2 Å². The summed E-state index contributed by atoms with van der Waals surface area (Å²) in [6.07, 6.45) is 0. The van der Waals surface area contributed by atoms with Crippen molar-refractivity contribution in [3.8, 4) is 0 Å². The number of amides is 2. The van der Waals surface area contributed by atoms with Crippen LogP contribution in [-0.2, 0) is 19.2 Å².